The van der Waals surface area contributed by atoms with Crippen LogP contribution in [0, 0.1) is 0 Å². The van der Waals surface area contributed by atoms with Crippen molar-refractivity contribution in [3.05, 3.63) is 30.4 Å². The summed E-state index contributed by atoms with van der Waals surface area (Å²) < 4.78 is 6.18. The fourth-order valence-electron chi connectivity index (χ4n) is 1.09. The molecule has 0 aliphatic carbocycles. The maximum atomic E-state index is 4.43. The van der Waals surface area contributed by atoms with E-state index < -0.39 is 0 Å². The van der Waals surface area contributed by atoms with Gasteiger partial charge in [0.25, 0.3) is 0 Å². The topological polar surface area (TPSA) is 42.7 Å². The normalized spacial score (nSPS) is 11.7. The standard InChI is InChI=1S/C10H14N4S/c1-10(2,3)8-11-9(15-13-8)12-14-6-4-5-7-14/h4-7H,1-3H3,(H,11,12,13). The van der Waals surface area contributed by atoms with E-state index in [1.807, 2.05) is 29.2 Å². The van der Waals surface area contributed by atoms with Crippen molar-refractivity contribution in [2.24, 2.45) is 0 Å². The third kappa shape index (κ3) is 2.36. The lowest BCUT2D eigenvalue weighted by atomic mass is 9.96. The summed E-state index contributed by atoms with van der Waals surface area (Å²) in [4.78, 5) is 4.43. The average Bonchev–Trinajstić information content (AvgIpc) is 2.73. The molecule has 0 spiro atoms. The minimum atomic E-state index is 0.00706. The second-order valence-corrected chi connectivity index (χ2v) is 5.13. The summed E-state index contributed by atoms with van der Waals surface area (Å²) in [5, 5.41) is 0.816. The van der Waals surface area contributed by atoms with E-state index in [1.54, 1.807) is 0 Å². The molecule has 2 heterocycles. The van der Waals surface area contributed by atoms with Gasteiger partial charge in [-0.2, -0.15) is 4.37 Å². The van der Waals surface area contributed by atoms with Gasteiger partial charge in [-0.3, -0.25) is 10.1 Å². The van der Waals surface area contributed by atoms with Crippen LogP contribution in [0.4, 0.5) is 5.13 Å². The Morgan fingerprint density at radius 2 is 1.93 bits per heavy atom. The predicted molar refractivity (Wildman–Crippen MR) is 62.1 cm³/mol. The Balaban J connectivity index is 2.15. The second kappa shape index (κ2) is 3.66. The number of hydrogen-bond donors (Lipinski definition) is 1. The molecule has 0 bridgehead atoms. The molecule has 15 heavy (non-hydrogen) atoms. The zero-order chi connectivity index (χ0) is 10.9. The summed E-state index contributed by atoms with van der Waals surface area (Å²) in [7, 11) is 0. The van der Waals surface area contributed by atoms with Crippen molar-refractivity contribution in [2.75, 3.05) is 5.43 Å². The number of nitrogens with one attached hydrogen (secondary N) is 1. The Morgan fingerprint density at radius 3 is 2.47 bits per heavy atom. The number of aromatic nitrogens is 3. The molecule has 0 atom stereocenters. The van der Waals surface area contributed by atoms with Crippen LogP contribution in [0.1, 0.15) is 26.6 Å². The molecule has 0 saturated carbocycles. The lowest BCUT2D eigenvalue weighted by molar-refractivity contribution is 0.555. The fourth-order valence-corrected chi connectivity index (χ4v) is 1.85. The van der Waals surface area contributed by atoms with E-state index in [-0.39, 0.29) is 5.41 Å². The van der Waals surface area contributed by atoms with E-state index in [0.29, 0.717) is 0 Å². The summed E-state index contributed by atoms with van der Waals surface area (Å²) in [6.45, 7) is 6.32. The lowest BCUT2D eigenvalue weighted by Crippen LogP contribution is -2.13. The Kier molecular flexibility index (Phi) is 2.48. The molecule has 5 heteroatoms. The number of anilines is 1. The van der Waals surface area contributed by atoms with Gasteiger partial charge in [0.05, 0.1) is 0 Å². The van der Waals surface area contributed by atoms with E-state index in [1.165, 1.54) is 11.5 Å². The van der Waals surface area contributed by atoms with Gasteiger partial charge in [0, 0.05) is 29.3 Å². The van der Waals surface area contributed by atoms with Crippen LogP contribution in [-0.4, -0.2) is 14.0 Å². The van der Waals surface area contributed by atoms with Crippen molar-refractivity contribution in [3.63, 3.8) is 0 Å². The Hall–Kier alpha value is -1.36. The molecule has 2 aromatic rings. The third-order valence-electron chi connectivity index (χ3n) is 1.93. The highest BCUT2D eigenvalue weighted by molar-refractivity contribution is 7.09. The number of nitrogens with zero attached hydrogens (tertiary/aromatic N) is 3. The monoisotopic (exact) mass is 222 g/mol. The van der Waals surface area contributed by atoms with Gasteiger partial charge < -0.3 is 0 Å². The minimum Gasteiger partial charge on any atom is -0.269 e. The van der Waals surface area contributed by atoms with Gasteiger partial charge in [-0.05, 0) is 12.1 Å². The van der Waals surface area contributed by atoms with Crippen LogP contribution in [-0.2, 0) is 5.41 Å². The molecule has 0 radical (unpaired) electrons. The first kappa shape index (κ1) is 10.2. The lowest BCUT2D eigenvalue weighted by Gasteiger charge is -2.12. The van der Waals surface area contributed by atoms with Crippen molar-refractivity contribution < 1.29 is 0 Å². The zero-order valence-corrected chi connectivity index (χ0v) is 9.88. The highest BCUT2D eigenvalue weighted by Gasteiger charge is 2.19. The highest BCUT2D eigenvalue weighted by Crippen LogP contribution is 2.22. The van der Waals surface area contributed by atoms with Crippen LogP contribution in [0.15, 0.2) is 24.5 Å². The van der Waals surface area contributed by atoms with Crippen molar-refractivity contribution in [1.29, 1.82) is 0 Å². The molecule has 2 aromatic heterocycles. The van der Waals surface area contributed by atoms with Crippen LogP contribution in [0.25, 0.3) is 0 Å². The van der Waals surface area contributed by atoms with Crippen LogP contribution in [0.2, 0.25) is 0 Å². The van der Waals surface area contributed by atoms with Crippen LogP contribution >= 0.6 is 11.5 Å². The van der Waals surface area contributed by atoms with Crippen LogP contribution in [0.5, 0.6) is 0 Å². The van der Waals surface area contributed by atoms with Gasteiger partial charge >= 0.3 is 0 Å². The Bertz CT molecular complexity index is 424. The molecular formula is C10H14N4S. The first-order chi connectivity index (χ1) is 7.05. The highest BCUT2D eigenvalue weighted by atomic mass is 32.1. The molecule has 0 fully saturated rings. The SMILES string of the molecule is CC(C)(C)c1nsc(Nn2cccc2)n1. The average molecular weight is 222 g/mol. The van der Waals surface area contributed by atoms with E-state index in [4.69, 9.17) is 0 Å². The molecule has 80 valence electrons. The molecule has 4 nitrogen and oxygen atoms in total. The van der Waals surface area contributed by atoms with Crippen LogP contribution < -0.4 is 5.43 Å². The van der Waals surface area contributed by atoms with E-state index in [2.05, 4.69) is 35.6 Å². The smallest absolute Gasteiger partial charge is 0.221 e. The van der Waals surface area contributed by atoms with E-state index in [9.17, 15) is 0 Å². The molecular weight excluding hydrogens is 208 g/mol. The van der Waals surface area contributed by atoms with Gasteiger partial charge in [-0.25, -0.2) is 4.98 Å². The van der Waals surface area contributed by atoms with E-state index >= 15 is 0 Å². The Labute approximate surface area is 93.1 Å². The van der Waals surface area contributed by atoms with Gasteiger partial charge in [0.1, 0.15) is 5.82 Å². The van der Waals surface area contributed by atoms with Crippen molar-refractivity contribution in [1.82, 2.24) is 14.0 Å². The first-order valence-corrected chi connectivity index (χ1v) is 5.57. The molecule has 0 aromatic carbocycles. The molecule has 0 saturated heterocycles. The predicted octanol–water partition coefficient (Wildman–Crippen LogP) is 2.51. The maximum Gasteiger partial charge on any atom is 0.221 e. The molecule has 0 aliphatic rings. The molecule has 1 N–H and O–H groups in total. The Morgan fingerprint density at radius 1 is 1.27 bits per heavy atom. The summed E-state index contributed by atoms with van der Waals surface area (Å²) in [6.07, 6.45) is 3.86. The molecule has 0 amide bonds. The van der Waals surface area contributed by atoms with Gasteiger partial charge in [-0.15, -0.1) is 0 Å². The van der Waals surface area contributed by atoms with Crippen LogP contribution in [0.3, 0.4) is 0 Å². The number of rotatable bonds is 2. The van der Waals surface area contributed by atoms with Gasteiger partial charge in [0.2, 0.25) is 5.13 Å². The van der Waals surface area contributed by atoms with Crippen molar-refractivity contribution in [2.45, 2.75) is 26.2 Å². The van der Waals surface area contributed by atoms with Gasteiger partial charge in [0.15, 0.2) is 0 Å². The minimum absolute atomic E-state index is 0.00706. The summed E-state index contributed by atoms with van der Waals surface area (Å²) >= 11 is 1.38. The maximum absolute atomic E-state index is 4.43. The van der Waals surface area contributed by atoms with E-state index in [0.717, 1.165) is 11.0 Å². The zero-order valence-electron chi connectivity index (χ0n) is 9.06. The van der Waals surface area contributed by atoms with Crippen molar-refractivity contribution >= 4 is 16.7 Å². The van der Waals surface area contributed by atoms with Gasteiger partial charge in [-0.1, -0.05) is 20.8 Å². The second-order valence-electron chi connectivity index (χ2n) is 4.38. The molecule has 2 rings (SSSR count). The molecule has 0 aliphatic heterocycles. The number of hydrogen-bond acceptors (Lipinski definition) is 4. The largest absolute Gasteiger partial charge is 0.269 e. The summed E-state index contributed by atoms with van der Waals surface area (Å²) in [6, 6.07) is 3.91. The van der Waals surface area contributed by atoms with Crippen molar-refractivity contribution in [3.8, 4) is 0 Å². The fraction of sp³-hybridized carbons (Fsp3) is 0.400. The first-order valence-electron chi connectivity index (χ1n) is 4.80. The molecule has 0 unspecified atom stereocenters. The summed E-state index contributed by atoms with van der Waals surface area (Å²) in [5.74, 6) is 0.877. The quantitative estimate of drug-likeness (QED) is 0.849. The summed E-state index contributed by atoms with van der Waals surface area (Å²) in [5.41, 5.74) is 3.15. The third-order valence-corrected chi connectivity index (χ3v) is 2.55.